The van der Waals surface area contributed by atoms with E-state index in [2.05, 4.69) is 48.5 Å². The first-order chi connectivity index (χ1) is 27.3. The number of carbonyl (C=O) groups excluding carboxylic acids is 2. The second kappa shape index (κ2) is 18.8. The van der Waals surface area contributed by atoms with Gasteiger partial charge >= 0.3 is 11.9 Å². The van der Waals surface area contributed by atoms with Gasteiger partial charge in [0.15, 0.2) is 5.78 Å². The molecule has 0 aliphatic heterocycles. The fraction of sp³-hybridized carbons (Fsp3) is 0.887. The Balaban J connectivity index is 0.000000256. The van der Waals surface area contributed by atoms with Crippen molar-refractivity contribution in [1.29, 1.82) is 0 Å². The summed E-state index contributed by atoms with van der Waals surface area (Å²) in [5.41, 5.74) is 1.42. The molecule has 8 saturated carbocycles. The van der Waals surface area contributed by atoms with Gasteiger partial charge in [-0.3, -0.25) is 19.2 Å². The minimum atomic E-state index is -0.709. The van der Waals surface area contributed by atoms with E-state index in [9.17, 15) is 39.6 Å². The van der Waals surface area contributed by atoms with Crippen LogP contribution in [0, 0.1) is 98.6 Å². The van der Waals surface area contributed by atoms with Gasteiger partial charge < -0.3 is 20.4 Å². The molecule has 8 rings (SSSR count). The van der Waals surface area contributed by atoms with Crippen LogP contribution in [-0.2, 0) is 19.2 Å². The van der Waals surface area contributed by atoms with Crippen LogP contribution in [0.5, 0.6) is 0 Å². The van der Waals surface area contributed by atoms with E-state index in [1.807, 2.05) is 13.0 Å². The Bertz CT molecular complexity index is 1640. The third kappa shape index (κ3) is 8.28. The van der Waals surface area contributed by atoms with Crippen LogP contribution in [0.25, 0.3) is 0 Å². The Morgan fingerprint density at radius 3 is 1.52 bits per heavy atom. The first kappa shape index (κ1) is 51.6. The number of carbonyl (C=O) groups is 4. The molecule has 350 valence electrons. The van der Waals surface area contributed by atoms with Crippen LogP contribution in [0.2, 0.25) is 0 Å². The summed E-state index contributed by atoms with van der Waals surface area (Å²) in [5, 5.41) is 39.3. The molecule has 0 radical (unpaired) electrons. The van der Waals surface area contributed by atoms with Gasteiger partial charge in [-0.2, -0.15) is 0 Å². The second-order valence-corrected chi connectivity index (χ2v) is 22.6. The number of aliphatic hydroxyl groups excluding tert-OH is 2. The van der Waals surface area contributed by atoms with E-state index in [4.69, 9.17) is 0 Å². The summed E-state index contributed by atoms with van der Waals surface area (Å²) in [7, 11) is 0. The maximum atomic E-state index is 13.9. The second-order valence-electron chi connectivity index (χ2n) is 22.6. The largest absolute Gasteiger partial charge is 0.481 e. The number of carboxylic acids is 2. The Hall–Kier alpha value is -2.06. The van der Waals surface area contributed by atoms with Gasteiger partial charge in [-0.05, 0) is 190 Å². The number of ketones is 2. The maximum Gasteiger partial charge on any atom is 0.303 e. The third-order valence-corrected chi connectivity index (χ3v) is 20.4. The summed E-state index contributed by atoms with van der Waals surface area (Å²) in [6.45, 7) is 17.9. The number of Topliss-reactive ketones (excluding diaryl/α,β-unsaturated/α-hetero) is 2. The molecule has 8 aliphatic carbocycles. The molecule has 8 aliphatic rings. The smallest absolute Gasteiger partial charge is 0.303 e. The van der Waals surface area contributed by atoms with E-state index < -0.39 is 11.9 Å². The first-order valence-corrected chi connectivity index (χ1v) is 23.8. The molecule has 19 atom stereocenters. The molecule has 4 unspecified atom stereocenters. The van der Waals surface area contributed by atoms with E-state index in [1.54, 1.807) is 0 Å². The zero-order valence-electron chi connectivity index (χ0n) is 37.2. The SMILES string of the molecule is C.C.C.C/C=C1/C(=O)[C@H]2C3CC[C@H]([C@H](C)CC(=O)O)[C@@]3(C)CCC2[C@@]2(C)CC[C@@H](O)C[C@@H]12.CC[C@H]1C(=O)[C@H]2C3CC[C@H]([C@H](C)CC(=O)O)[C@@]3(C)CCC2[C@@]2(C)CC[C@@H](O)C[C@@H]12. The van der Waals surface area contributed by atoms with Crippen LogP contribution in [0.1, 0.15) is 187 Å². The molecule has 0 amide bonds. The van der Waals surface area contributed by atoms with Crippen molar-refractivity contribution in [1.82, 2.24) is 0 Å². The van der Waals surface area contributed by atoms with E-state index in [0.29, 0.717) is 53.0 Å². The molecule has 0 aromatic heterocycles. The fourth-order valence-corrected chi connectivity index (χ4v) is 17.6. The van der Waals surface area contributed by atoms with Crippen molar-refractivity contribution in [2.45, 2.75) is 199 Å². The minimum absolute atomic E-state index is 0. The lowest BCUT2D eigenvalue weighted by Gasteiger charge is -2.62. The number of aliphatic carboxylic acids is 2. The highest BCUT2D eigenvalue weighted by molar-refractivity contribution is 5.99. The van der Waals surface area contributed by atoms with Crippen LogP contribution in [0.15, 0.2) is 11.6 Å². The Kier molecular flexibility index (Phi) is 15.9. The standard InChI is InChI=1S/C25H40O4.C25H38O4.3CH4/c2*1-5-16-20-13-15(26)8-10-25(20,4)19-9-11-24(3)17(14(2)12-21(27)28)6-7-18(24)22(19)23(16)29;;;/h14-20,22,26H,5-13H2,1-4H3,(H,27,28);5,14-15,17-20,22,26H,6-13H2,1-4H3,(H,27,28);3*1H4/b;16-5+;;;/t14-,15-,16-,17-,18?,19?,20+,22+,24-,25-;14-,15-,17-,18?,19?,20+,22+,24-,25-;;;/m11.../s1. The van der Waals surface area contributed by atoms with E-state index in [1.165, 1.54) is 0 Å². The lowest BCUT2D eigenvalue weighted by Crippen LogP contribution is -2.60. The van der Waals surface area contributed by atoms with Crippen molar-refractivity contribution in [3.63, 3.8) is 0 Å². The molecule has 8 fully saturated rings. The maximum absolute atomic E-state index is 13.9. The monoisotopic (exact) mass is 855 g/mol. The van der Waals surface area contributed by atoms with Crippen LogP contribution >= 0.6 is 0 Å². The van der Waals surface area contributed by atoms with Gasteiger partial charge in [-0.25, -0.2) is 0 Å². The molecular formula is C53H90O8. The van der Waals surface area contributed by atoms with E-state index in [0.717, 1.165) is 102 Å². The fourth-order valence-electron chi connectivity index (χ4n) is 17.6. The number of hydrogen-bond acceptors (Lipinski definition) is 6. The zero-order chi connectivity index (χ0) is 42.3. The Morgan fingerprint density at radius 2 is 1.05 bits per heavy atom. The van der Waals surface area contributed by atoms with Crippen molar-refractivity contribution in [2.75, 3.05) is 0 Å². The summed E-state index contributed by atoms with van der Waals surface area (Å²) in [5.74, 6) is 3.04. The molecule has 0 heterocycles. The third-order valence-electron chi connectivity index (χ3n) is 20.4. The molecule has 0 bridgehead atoms. The number of aliphatic hydroxyl groups is 2. The topological polar surface area (TPSA) is 149 Å². The summed E-state index contributed by atoms with van der Waals surface area (Å²) in [6, 6.07) is 0. The van der Waals surface area contributed by atoms with E-state index in [-0.39, 0.29) is 104 Å². The minimum Gasteiger partial charge on any atom is -0.481 e. The molecule has 0 aromatic rings. The first-order valence-electron chi connectivity index (χ1n) is 23.8. The van der Waals surface area contributed by atoms with Crippen molar-refractivity contribution in [3.8, 4) is 0 Å². The molecule has 0 saturated heterocycles. The van der Waals surface area contributed by atoms with E-state index >= 15 is 0 Å². The summed E-state index contributed by atoms with van der Waals surface area (Å²) in [4.78, 5) is 50.3. The normalized spacial score (nSPS) is 47.4. The van der Waals surface area contributed by atoms with Crippen molar-refractivity contribution in [3.05, 3.63) is 11.6 Å². The van der Waals surface area contributed by atoms with Gasteiger partial charge in [0, 0.05) is 30.6 Å². The predicted octanol–water partition coefficient (Wildman–Crippen LogP) is 11.7. The zero-order valence-corrected chi connectivity index (χ0v) is 37.2. The van der Waals surface area contributed by atoms with Gasteiger partial charge in [-0.15, -0.1) is 0 Å². The quantitative estimate of drug-likeness (QED) is 0.185. The Morgan fingerprint density at radius 1 is 0.623 bits per heavy atom. The van der Waals surface area contributed by atoms with Crippen molar-refractivity contribution in [2.24, 2.45) is 98.6 Å². The van der Waals surface area contributed by atoms with Crippen LogP contribution < -0.4 is 0 Å². The summed E-state index contributed by atoms with van der Waals surface area (Å²) < 4.78 is 0. The van der Waals surface area contributed by atoms with Crippen LogP contribution in [-0.4, -0.2) is 56.1 Å². The van der Waals surface area contributed by atoms with Gasteiger partial charge in [-0.1, -0.05) is 76.8 Å². The lowest BCUT2D eigenvalue weighted by molar-refractivity contribution is -0.173. The van der Waals surface area contributed by atoms with Gasteiger partial charge in [0.05, 0.1) is 12.2 Å². The molecule has 8 nitrogen and oxygen atoms in total. The van der Waals surface area contributed by atoms with Crippen molar-refractivity contribution >= 4 is 23.5 Å². The highest BCUT2D eigenvalue weighted by Crippen LogP contribution is 2.70. The van der Waals surface area contributed by atoms with Crippen LogP contribution in [0.4, 0.5) is 0 Å². The molecule has 4 N–H and O–H groups in total. The molecule has 0 spiro atoms. The summed E-state index contributed by atoms with van der Waals surface area (Å²) in [6.07, 6.45) is 16.8. The molecular weight excluding hydrogens is 765 g/mol. The molecule has 8 heteroatoms. The van der Waals surface area contributed by atoms with Gasteiger partial charge in [0.2, 0.25) is 0 Å². The number of carboxylic acid groups (broad SMARTS) is 2. The van der Waals surface area contributed by atoms with Crippen molar-refractivity contribution < 1.29 is 39.6 Å². The number of allylic oxidation sites excluding steroid dienone is 2. The molecule has 0 aromatic carbocycles. The predicted molar refractivity (Wildman–Crippen MR) is 245 cm³/mol. The average molecular weight is 855 g/mol. The average Bonchev–Trinajstić information content (AvgIpc) is 3.70. The number of hydrogen-bond donors (Lipinski definition) is 4. The van der Waals surface area contributed by atoms with Gasteiger partial charge in [0.25, 0.3) is 0 Å². The lowest BCUT2D eigenvalue weighted by atomic mass is 9.42. The van der Waals surface area contributed by atoms with Gasteiger partial charge in [0.1, 0.15) is 5.78 Å². The number of rotatable bonds is 7. The number of fused-ring (bicyclic) bond motifs is 10. The van der Waals surface area contributed by atoms with Crippen LogP contribution in [0.3, 0.4) is 0 Å². The molecule has 61 heavy (non-hydrogen) atoms. The summed E-state index contributed by atoms with van der Waals surface area (Å²) >= 11 is 0. The Labute approximate surface area is 371 Å². The highest BCUT2D eigenvalue weighted by atomic mass is 16.4. The highest BCUT2D eigenvalue weighted by Gasteiger charge is 2.66.